The highest BCUT2D eigenvalue weighted by atomic mass is 35.5. The molecule has 3 N–H and O–H groups in total. The zero-order valence-corrected chi connectivity index (χ0v) is 13.1. The van der Waals surface area contributed by atoms with E-state index in [1.165, 1.54) is 0 Å². The molecular formula is C13H17Cl3N2O2. The van der Waals surface area contributed by atoms with E-state index in [0.29, 0.717) is 29.9 Å². The zero-order chi connectivity index (χ0) is 15.1. The van der Waals surface area contributed by atoms with Crippen LogP contribution >= 0.6 is 34.8 Å². The summed E-state index contributed by atoms with van der Waals surface area (Å²) in [6.07, 6.45) is 0.236. The van der Waals surface area contributed by atoms with Gasteiger partial charge in [-0.2, -0.15) is 0 Å². The Morgan fingerprint density at radius 1 is 1.30 bits per heavy atom. The molecule has 0 aliphatic carbocycles. The number of anilines is 1. The van der Waals surface area contributed by atoms with E-state index < -0.39 is 12.0 Å². The van der Waals surface area contributed by atoms with Gasteiger partial charge in [0.15, 0.2) is 0 Å². The van der Waals surface area contributed by atoms with Gasteiger partial charge in [-0.05, 0) is 24.1 Å². The molecule has 1 rings (SSSR count). The summed E-state index contributed by atoms with van der Waals surface area (Å²) in [5.74, 6) is -0.0892. The SMILES string of the molecule is NC(Cc1ccc(N(CCCl)CCCl)c(Cl)c1)C(=O)O. The fraction of sp³-hybridized carbons (Fsp3) is 0.462. The highest BCUT2D eigenvalue weighted by Gasteiger charge is 2.14. The summed E-state index contributed by atoms with van der Waals surface area (Å²) in [7, 11) is 0. The Labute approximate surface area is 133 Å². The van der Waals surface area contributed by atoms with E-state index in [-0.39, 0.29) is 6.42 Å². The average Bonchev–Trinajstić information content (AvgIpc) is 2.38. The minimum absolute atomic E-state index is 0.236. The van der Waals surface area contributed by atoms with Gasteiger partial charge in [0.2, 0.25) is 0 Å². The number of carboxylic acids is 1. The van der Waals surface area contributed by atoms with Crippen LogP contribution in [0.3, 0.4) is 0 Å². The zero-order valence-electron chi connectivity index (χ0n) is 10.9. The van der Waals surface area contributed by atoms with Gasteiger partial charge in [0.25, 0.3) is 0 Å². The van der Waals surface area contributed by atoms with E-state index >= 15 is 0 Å². The largest absolute Gasteiger partial charge is 0.480 e. The summed E-state index contributed by atoms with van der Waals surface area (Å²) in [6, 6.07) is 4.46. The Balaban J connectivity index is 2.88. The molecule has 0 amide bonds. The Morgan fingerprint density at radius 3 is 2.35 bits per heavy atom. The number of alkyl halides is 2. The van der Waals surface area contributed by atoms with Gasteiger partial charge < -0.3 is 15.7 Å². The maximum atomic E-state index is 10.7. The van der Waals surface area contributed by atoms with E-state index in [0.717, 1.165) is 11.3 Å². The van der Waals surface area contributed by atoms with Crippen LogP contribution in [0.5, 0.6) is 0 Å². The first-order valence-corrected chi connectivity index (χ1v) is 7.58. The van der Waals surface area contributed by atoms with Gasteiger partial charge in [-0.15, -0.1) is 23.2 Å². The van der Waals surface area contributed by atoms with Crippen LogP contribution in [0, 0.1) is 0 Å². The van der Waals surface area contributed by atoms with Crippen LogP contribution < -0.4 is 10.6 Å². The van der Waals surface area contributed by atoms with Crippen molar-refractivity contribution in [2.45, 2.75) is 12.5 Å². The smallest absolute Gasteiger partial charge is 0.320 e. The second-order valence-corrected chi connectivity index (χ2v) is 5.46. The molecule has 0 aromatic heterocycles. The minimum Gasteiger partial charge on any atom is -0.480 e. The number of hydrogen-bond acceptors (Lipinski definition) is 3. The lowest BCUT2D eigenvalue weighted by molar-refractivity contribution is -0.138. The molecule has 0 aliphatic heterocycles. The summed E-state index contributed by atoms with van der Waals surface area (Å²) < 4.78 is 0. The van der Waals surface area contributed by atoms with Crippen LogP contribution in [-0.4, -0.2) is 42.0 Å². The van der Waals surface area contributed by atoms with Gasteiger partial charge in [-0.25, -0.2) is 0 Å². The summed E-state index contributed by atoms with van der Waals surface area (Å²) in [5, 5.41) is 9.34. The standard InChI is InChI=1S/C13H17Cl3N2O2/c14-3-5-18(6-4-15)12-2-1-9(7-10(12)16)8-11(17)13(19)20/h1-2,7,11H,3-6,8,17H2,(H,19,20). The first-order valence-electron chi connectivity index (χ1n) is 6.13. The number of nitrogens with two attached hydrogens (primary N) is 1. The highest BCUT2D eigenvalue weighted by Crippen LogP contribution is 2.27. The molecular weight excluding hydrogens is 323 g/mol. The second-order valence-electron chi connectivity index (χ2n) is 4.30. The average molecular weight is 340 g/mol. The first kappa shape index (κ1) is 17.4. The van der Waals surface area contributed by atoms with E-state index in [9.17, 15) is 4.79 Å². The lowest BCUT2D eigenvalue weighted by Crippen LogP contribution is -2.32. The summed E-state index contributed by atoms with van der Waals surface area (Å²) in [6.45, 7) is 1.28. The topological polar surface area (TPSA) is 66.6 Å². The lowest BCUT2D eigenvalue weighted by Gasteiger charge is -2.24. The van der Waals surface area contributed by atoms with Gasteiger partial charge in [-0.3, -0.25) is 4.79 Å². The second kappa shape index (κ2) is 8.57. The molecule has 1 unspecified atom stereocenters. The molecule has 1 aromatic rings. The van der Waals surface area contributed by atoms with Gasteiger partial charge in [-0.1, -0.05) is 17.7 Å². The molecule has 0 spiro atoms. The molecule has 0 heterocycles. The third kappa shape index (κ3) is 5.02. The number of nitrogens with zero attached hydrogens (tertiary/aromatic N) is 1. The van der Waals surface area contributed by atoms with Crippen molar-refractivity contribution in [2.24, 2.45) is 5.73 Å². The number of rotatable bonds is 8. The van der Waals surface area contributed by atoms with E-state index in [2.05, 4.69) is 0 Å². The predicted molar refractivity (Wildman–Crippen MR) is 84.4 cm³/mol. The van der Waals surface area contributed by atoms with Crippen molar-refractivity contribution in [3.8, 4) is 0 Å². The normalized spacial score (nSPS) is 12.2. The Bertz CT molecular complexity index is 451. The predicted octanol–water partition coefficient (Wildman–Crippen LogP) is 2.58. The van der Waals surface area contributed by atoms with Crippen molar-refractivity contribution in [3.63, 3.8) is 0 Å². The van der Waals surface area contributed by atoms with Crippen molar-refractivity contribution in [1.29, 1.82) is 0 Å². The number of carboxylic acid groups (broad SMARTS) is 1. The van der Waals surface area contributed by atoms with Crippen LogP contribution in [0.4, 0.5) is 5.69 Å². The third-order valence-corrected chi connectivity index (χ3v) is 3.48. The molecule has 0 bridgehead atoms. The maximum Gasteiger partial charge on any atom is 0.320 e. The molecule has 0 fully saturated rings. The number of hydrogen-bond donors (Lipinski definition) is 2. The van der Waals surface area contributed by atoms with Gasteiger partial charge in [0, 0.05) is 24.8 Å². The van der Waals surface area contributed by atoms with Crippen molar-refractivity contribution >= 4 is 46.5 Å². The van der Waals surface area contributed by atoms with Crippen molar-refractivity contribution in [1.82, 2.24) is 0 Å². The van der Waals surface area contributed by atoms with E-state index in [1.54, 1.807) is 6.07 Å². The fourth-order valence-electron chi connectivity index (χ4n) is 1.83. The summed E-state index contributed by atoms with van der Waals surface area (Å²) in [4.78, 5) is 12.7. The highest BCUT2D eigenvalue weighted by molar-refractivity contribution is 6.33. The molecule has 7 heteroatoms. The number of aliphatic carboxylic acids is 1. The molecule has 1 aromatic carbocycles. The first-order chi connectivity index (χ1) is 9.49. The van der Waals surface area contributed by atoms with Crippen LogP contribution in [0.1, 0.15) is 5.56 Å². The van der Waals surface area contributed by atoms with Gasteiger partial charge in [0.05, 0.1) is 10.7 Å². The number of halogens is 3. The van der Waals surface area contributed by atoms with Gasteiger partial charge >= 0.3 is 5.97 Å². The third-order valence-electron chi connectivity index (χ3n) is 2.83. The molecule has 0 radical (unpaired) electrons. The van der Waals surface area contributed by atoms with Crippen LogP contribution in [0.2, 0.25) is 5.02 Å². The molecule has 0 aliphatic rings. The fourth-order valence-corrected chi connectivity index (χ4v) is 2.56. The summed E-state index contributed by atoms with van der Waals surface area (Å²) in [5.41, 5.74) is 7.12. The Hall–Kier alpha value is -0.680. The molecule has 0 saturated heterocycles. The summed E-state index contributed by atoms with van der Waals surface area (Å²) >= 11 is 17.8. The van der Waals surface area contributed by atoms with E-state index in [1.807, 2.05) is 17.0 Å². The van der Waals surface area contributed by atoms with Crippen molar-refractivity contribution < 1.29 is 9.90 Å². The minimum atomic E-state index is -1.03. The van der Waals surface area contributed by atoms with Crippen LogP contribution in [-0.2, 0) is 11.2 Å². The van der Waals surface area contributed by atoms with Crippen molar-refractivity contribution in [3.05, 3.63) is 28.8 Å². The maximum absolute atomic E-state index is 10.7. The lowest BCUT2D eigenvalue weighted by atomic mass is 10.1. The number of carbonyl (C=O) groups is 1. The molecule has 20 heavy (non-hydrogen) atoms. The number of benzene rings is 1. The molecule has 4 nitrogen and oxygen atoms in total. The quantitative estimate of drug-likeness (QED) is 0.714. The monoisotopic (exact) mass is 338 g/mol. The Morgan fingerprint density at radius 2 is 1.90 bits per heavy atom. The van der Waals surface area contributed by atoms with Crippen LogP contribution in [0.15, 0.2) is 18.2 Å². The van der Waals surface area contributed by atoms with Crippen LogP contribution in [0.25, 0.3) is 0 Å². The molecule has 0 saturated carbocycles. The molecule has 1 atom stereocenters. The molecule has 112 valence electrons. The van der Waals surface area contributed by atoms with Gasteiger partial charge in [0.1, 0.15) is 6.04 Å². The Kier molecular flexibility index (Phi) is 7.45. The van der Waals surface area contributed by atoms with Crippen molar-refractivity contribution in [2.75, 3.05) is 29.7 Å². The van der Waals surface area contributed by atoms with E-state index in [4.69, 9.17) is 45.6 Å².